The fraction of sp³-hybridized carbons (Fsp3) is 0.353. The van der Waals surface area contributed by atoms with Crippen LogP contribution in [0.2, 0.25) is 5.02 Å². The molecule has 2 aromatic carbocycles. The minimum absolute atomic E-state index is 0.0840. The SMILES string of the molecule is COC(=O)C1=C(CN2CCN3C(=O)N(CC#Cc4ccc(S(=O)(=O)C5CC5)cc4)C[C@@H]3C2)NC(c2nccs2)=N[C@H]1c1ccc(F)cc1Cl. The number of halogens is 2. The zero-order chi connectivity index (χ0) is 34.3. The second kappa shape index (κ2) is 13.5. The van der Waals surface area contributed by atoms with Crippen molar-refractivity contribution in [3.8, 4) is 11.8 Å². The van der Waals surface area contributed by atoms with E-state index in [1.165, 1.54) is 36.6 Å². The average Bonchev–Trinajstić information content (AvgIpc) is 3.73. The van der Waals surface area contributed by atoms with Crippen LogP contribution < -0.4 is 5.32 Å². The maximum atomic E-state index is 14.0. The number of rotatable bonds is 8. The van der Waals surface area contributed by atoms with Gasteiger partial charge in [-0.3, -0.25) is 9.89 Å². The quantitative estimate of drug-likeness (QED) is 0.275. The topological polar surface area (TPSA) is 125 Å². The van der Waals surface area contributed by atoms with Gasteiger partial charge >= 0.3 is 12.0 Å². The summed E-state index contributed by atoms with van der Waals surface area (Å²) in [5.41, 5.74) is 1.96. The van der Waals surface area contributed by atoms with Gasteiger partial charge in [-0.05, 0) is 49.2 Å². The molecular formula is C34H32ClFN6O5S2. The minimum Gasteiger partial charge on any atom is -0.466 e. The van der Waals surface area contributed by atoms with Gasteiger partial charge in [-0.2, -0.15) is 0 Å². The number of methoxy groups -OCH3 is 1. The fourth-order valence-corrected chi connectivity index (χ4v) is 8.86. The lowest BCUT2D eigenvalue weighted by Gasteiger charge is -2.38. The summed E-state index contributed by atoms with van der Waals surface area (Å²) in [5.74, 6) is 5.48. The van der Waals surface area contributed by atoms with E-state index in [1.54, 1.807) is 35.4 Å². The number of benzene rings is 2. The van der Waals surface area contributed by atoms with Gasteiger partial charge in [0.25, 0.3) is 0 Å². The molecule has 4 heterocycles. The third-order valence-electron chi connectivity index (χ3n) is 8.97. The predicted molar refractivity (Wildman–Crippen MR) is 182 cm³/mol. The number of carbonyl (C=O) groups is 2. The number of hydrogen-bond donors (Lipinski definition) is 1. The fourth-order valence-electron chi connectivity index (χ4n) is 6.35. The highest BCUT2D eigenvalue weighted by Crippen LogP contribution is 2.37. The molecule has 3 fully saturated rings. The third kappa shape index (κ3) is 6.81. The van der Waals surface area contributed by atoms with Crippen molar-refractivity contribution in [3.63, 3.8) is 0 Å². The number of nitrogens with zero attached hydrogens (tertiary/aromatic N) is 5. The molecule has 4 aliphatic rings. The van der Waals surface area contributed by atoms with Crippen LogP contribution in [-0.2, 0) is 19.4 Å². The zero-order valence-corrected chi connectivity index (χ0v) is 28.8. The van der Waals surface area contributed by atoms with Gasteiger partial charge in [0.15, 0.2) is 20.7 Å². The number of hydrogen-bond acceptors (Lipinski definition) is 10. The molecule has 0 radical (unpaired) electrons. The maximum Gasteiger partial charge on any atom is 0.338 e. The van der Waals surface area contributed by atoms with E-state index < -0.39 is 27.7 Å². The Morgan fingerprint density at radius 2 is 1.96 bits per heavy atom. The Morgan fingerprint density at radius 3 is 2.65 bits per heavy atom. The number of aliphatic imine (C=N–C) groups is 1. The number of nitrogens with one attached hydrogen (secondary N) is 1. The molecule has 1 saturated carbocycles. The molecular weight excluding hydrogens is 691 g/mol. The second-order valence-electron chi connectivity index (χ2n) is 12.2. The molecule has 2 saturated heterocycles. The molecule has 2 atom stereocenters. The van der Waals surface area contributed by atoms with Crippen LogP contribution in [-0.4, -0.2) is 104 Å². The first-order valence-corrected chi connectivity index (χ1v) is 18.5. The van der Waals surface area contributed by atoms with Crippen molar-refractivity contribution in [2.75, 3.05) is 46.4 Å². The van der Waals surface area contributed by atoms with E-state index >= 15 is 0 Å². The normalized spacial score (nSPS) is 21.1. The van der Waals surface area contributed by atoms with Gasteiger partial charge in [-0.25, -0.2) is 27.4 Å². The third-order valence-corrected chi connectivity index (χ3v) is 12.4. The first kappa shape index (κ1) is 33.2. The average molecular weight is 723 g/mol. The standard InChI is InChI=1S/C34H32ClFN6O5S2/c1-47-33(43)29-28(38-31(32-37-12-16-48-32)39-30(29)26-11-6-22(36)17-27(26)35)20-40-14-15-42-23(18-40)19-41(34(42)44)13-2-3-21-4-7-24(8-5-21)49(45,46)25-9-10-25/h4-8,11-12,16-17,23,25,30H,9-10,13-15,18-20H2,1H3,(H,38,39)/t23-,30-/m0/s1. The number of urea groups is 1. The van der Waals surface area contributed by atoms with Gasteiger partial charge in [-0.15, -0.1) is 11.3 Å². The number of fused-ring (bicyclic) bond motifs is 1. The van der Waals surface area contributed by atoms with E-state index in [9.17, 15) is 22.4 Å². The molecule has 3 aliphatic heterocycles. The minimum atomic E-state index is -3.26. The van der Waals surface area contributed by atoms with Crippen LogP contribution in [0.15, 0.2) is 75.2 Å². The Morgan fingerprint density at radius 1 is 1.16 bits per heavy atom. The lowest BCUT2D eigenvalue weighted by Crippen LogP contribution is -2.53. The van der Waals surface area contributed by atoms with Gasteiger partial charge < -0.3 is 19.9 Å². The maximum absolute atomic E-state index is 14.0. The number of amidine groups is 1. The molecule has 2 amide bonds. The Labute approximate surface area is 292 Å². The first-order chi connectivity index (χ1) is 23.6. The van der Waals surface area contributed by atoms with Crippen molar-refractivity contribution in [2.45, 2.75) is 35.1 Å². The molecule has 1 aromatic heterocycles. The number of ether oxygens (including phenoxy) is 1. The van der Waals surface area contributed by atoms with Crippen LogP contribution in [0.4, 0.5) is 9.18 Å². The van der Waals surface area contributed by atoms with E-state index in [4.69, 9.17) is 21.3 Å². The van der Waals surface area contributed by atoms with Crippen LogP contribution in [0.1, 0.15) is 35.0 Å². The van der Waals surface area contributed by atoms with E-state index in [2.05, 4.69) is 27.0 Å². The lowest BCUT2D eigenvalue weighted by atomic mass is 9.95. The van der Waals surface area contributed by atoms with Gasteiger partial charge in [-0.1, -0.05) is 29.5 Å². The Kier molecular flexibility index (Phi) is 9.19. The molecule has 0 spiro atoms. The molecule has 254 valence electrons. The summed E-state index contributed by atoms with van der Waals surface area (Å²) in [7, 11) is -1.96. The Hall–Kier alpha value is -4.29. The van der Waals surface area contributed by atoms with Crippen molar-refractivity contribution in [1.29, 1.82) is 0 Å². The lowest BCUT2D eigenvalue weighted by molar-refractivity contribution is -0.136. The predicted octanol–water partition coefficient (Wildman–Crippen LogP) is 3.86. The number of aromatic nitrogens is 1. The molecule has 0 bridgehead atoms. The zero-order valence-electron chi connectivity index (χ0n) is 26.4. The molecule has 0 unspecified atom stereocenters. The molecule has 1 N–H and O–H groups in total. The summed E-state index contributed by atoms with van der Waals surface area (Å²) in [6.45, 7) is 2.65. The van der Waals surface area contributed by atoms with E-state index in [-0.39, 0.29) is 34.5 Å². The van der Waals surface area contributed by atoms with Crippen molar-refractivity contribution < 1.29 is 27.1 Å². The van der Waals surface area contributed by atoms with Crippen molar-refractivity contribution in [1.82, 2.24) is 25.0 Å². The summed E-state index contributed by atoms with van der Waals surface area (Å²) in [6, 6.07) is 9.54. The molecule has 15 heteroatoms. The Balaban J connectivity index is 1.06. The second-order valence-corrected chi connectivity index (χ2v) is 15.7. The van der Waals surface area contributed by atoms with Gasteiger partial charge in [0.05, 0.1) is 35.4 Å². The number of amides is 2. The summed E-state index contributed by atoms with van der Waals surface area (Å²) in [5, 5.41) is 5.62. The van der Waals surface area contributed by atoms with Crippen LogP contribution in [0.5, 0.6) is 0 Å². The Bertz CT molecular complexity index is 2020. The van der Waals surface area contributed by atoms with Gasteiger partial charge in [0, 0.05) is 66.1 Å². The highest BCUT2D eigenvalue weighted by molar-refractivity contribution is 7.92. The molecule has 1 aliphatic carbocycles. The summed E-state index contributed by atoms with van der Waals surface area (Å²) >= 11 is 7.87. The van der Waals surface area contributed by atoms with Gasteiger partial charge in [0.1, 0.15) is 11.9 Å². The van der Waals surface area contributed by atoms with Crippen molar-refractivity contribution in [3.05, 3.63) is 92.3 Å². The molecule has 11 nitrogen and oxygen atoms in total. The van der Waals surface area contributed by atoms with Crippen LogP contribution in [0, 0.1) is 17.7 Å². The van der Waals surface area contributed by atoms with E-state index in [0.29, 0.717) is 78.1 Å². The first-order valence-electron chi connectivity index (χ1n) is 15.7. The number of thiazole rings is 1. The van der Waals surface area contributed by atoms with Crippen LogP contribution in [0.3, 0.4) is 0 Å². The summed E-state index contributed by atoms with van der Waals surface area (Å²) < 4.78 is 44.1. The van der Waals surface area contributed by atoms with Gasteiger partial charge in [0.2, 0.25) is 0 Å². The largest absolute Gasteiger partial charge is 0.466 e. The van der Waals surface area contributed by atoms with E-state index in [0.717, 1.165) is 0 Å². The van der Waals surface area contributed by atoms with Crippen molar-refractivity contribution >= 4 is 50.6 Å². The smallest absolute Gasteiger partial charge is 0.338 e. The van der Waals surface area contributed by atoms with Crippen LogP contribution >= 0.6 is 22.9 Å². The highest BCUT2D eigenvalue weighted by atomic mass is 35.5. The number of carbonyl (C=O) groups excluding carboxylic acids is 2. The molecule has 49 heavy (non-hydrogen) atoms. The number of sulfone groups is 1. The molecule has 7 rings (SSSR count). The van der Waals surface area contributed by atoms with Crippen molar-refractivity contribution in [2.24, 2.45) is 4.99 Å². The molecule has 3 aromatic rings. The monoisotopic (exact) mass is 722 g/mol. The number of esters is 1. The number of piperazine rings is 1. The highest BCUT2D eigenvalue weighted by Gasteiger charge is 2.42. The van der Waals surface area contributed by atoms with Crippen LogP contribution in [0.25, 0.3) is 0 Å². The van der Waals surface area contributed by atoms with E-state index in [1.807, 2.05) is 10.3 Å². The summed E-state index contributed by atoms with van der Waals surface area (Å²) in [4.78, 5) is 41.8. The summed E-state index contributed by atoms with van der Waals surface area (Å²) in [6.07, 6.45) is 3.08.